The van der Waals surface area contributed by atoms with Gasteiger partial charge in [0.2, 0.25) is 10.0 Å². The molecule has 2 aromatic rings. The fourth-order valence-corrected chi connectivity index (χ4v) is 3.05. The van der Waals surface area contributed by atoms with Gasteiger partial charge in [0.1, 0.15) is 0 Å². The van der Waals surface area contributed by atoms with E-state index in [2.05, 4.69) is 10.0 Å². The summed E-state index contributed by atoms with van der Waals surface area (Å²) in [6, 6.07) is 4.39. The average molecular weight is 313 g/mol. The minimum Gasteiger partial charge on any atom is -0.408 e. The van der Waals surface area contributed by atoms with Crippen LogP contribution < -0.4 is 15.8 Å². The number of sulfonamides is 1. The van der Waals surface area contributed by atoms with Crippen molar-refractivity contribution in [3.05, 3.63) is 28.7 Å². The summed E-state index contributed by atoms with van der Waals surface area (Å²) in [4.78, 5) is 11.5. The largest absolute Gasteiger partial charge is 0.419 e. The lowest BCUT2D eigenvalue weighted by molar-refractivity contribution is 0.527. The van der Waals surface area contributed by atoms with E-state index >= 15 is 0 Å². The zero-order valence-electron chi connectivity index (χ0n) is 12.0. The van der Waals surface area contributed by atoms with Gasteiger partial charge >= 0.3 is 5.76 Å². The predicted octanol–water partition coefficient (Wildman–Crippen LogP) is 0.409. The molecule has 1 aromatic carbocycles. The highest BCUT2D eigenvalue weighted by molar-refractivity contribution is 7.89. The number of fused-ring (bicyclic) bond motifs is 1. The molecule has 2 rings (SSSR count). The molecule has 0 spiro atoms. The first kappa shape index (κ1) is 15.7. The van der Waals surface area contributed by atoms with Crippen molar-refractivity contribution in [1.29, 1.82) is 0 Å². The van der Waals surface area contributed by atoms with Gasteiger partial charge in [-0.2, -0.15) is 0 Å². The molecule has 1 heterocycles. The highest BCUT2D eigenvalue weighted by atomic mass is 32.2. The van der Waals surface area contributed by atoms with E-state index < -0.39 is 15.8 Å². The first-order valence-corrected chi connectivity index (χ1v) is 8.24. The van der Waals surface area contributed by atoms with Crippen LogP contribution in [0.4, 0.5) is 0 Å². The van der Waals surface area contributed by atoms with Gasteiger partial charge in [-0.1, -0.05) is 6.92 Å². The van der Waals surface area contributed by atoms with Crippen LogP contribution in [0.25, 0.3) is 11.1 Å². The first-order valence-electron chi connectivity index (χ1n) is 6.75. The minimum absolute atomic E-state index is 0.0906. The molecule has 0 unspecified atom stereocenters. The number of hydrogen-bond donors (Lipinski definition) is 2. The topological polar surface area (TPSA) is 93.3 Å². The number of aromatic nitrogens is 1. The molecule has 116 valence electrons. The Kier molecular flexibility index (Phi) is 4.81. The van der Waals surface area contributed by atoms with Crippen molar-refractivity contribution < 1.29 is 12.8 Å². The maximum atomic E-state index is 12.1. The maximum Gasteiger partial charge on any atom is 0.419 e. The zero-order chi connectivity index (χ0) is 15.5. The summed E-state index contributed by atoms with van der Waals surface area (Å²) in [5.41, 5.74) is 0.823. The van der Waals surface area contributed by atoms with E-state index in [1.54, 1.807) is 13.1 Å². The highest BCUT2D eigenvalue weighted by Gasteiger charge is 2.16. The molecule has 0 bridgehead atoms. The molecule has 2 N–H and O–H groups in total. The van der Waals surface area contributed by atoms with Crippen LogP contribution in [0.2, 0.25) is 0 Å². The van der Waals surface area contributed by atoms with Crippen molar-refractivity contribution in [2.24, 2.45) is 7.05 Å². The van der Waals surface area contributed by atoms with Crippen LogP contribution in [0.1, 0.15) is 13.3 Å². The van der Waals surface area contributed by atoms with Crippen molar-refractivity contribution in [1.82, 2.24) is 14.6 Å². The molecule has 0 aliphatic heterocycles. The van der Waals surface area contributed by atoms with Crippen molar-refractivity contribution in [2.45, 2.75) is 18.2 Å². The van der Waals surface area contributed by atoms with E-state index in [4.69, 9.17) is 4.42 Å². The van der Waals surface area contributed by atoms with E-state index in [0.717, 1.165) is 13.1 Å². The molecule has 0 saturated heterocycles. The molecular weight excluding hydrogens is 294 g/mol. The summed E-state index contributed by atoms with van der Waals surface area (Å²) in [5.74, 6) is -0.516. The summed E-state index contributed by atoms with van der Waals surface area (Å²) in [5, 5.41) is 3.12. The Bertz CT molecular complexity index is 776. The molecule has 7 nitrogen and oxygen atoms in total. The van der Waals surface area contributed by atoms with Gasteiger partial charge in [-0.15, -0.1) is 0 Å². The molecule has 0 fully saturated rings. The van der Waals surface area contributed by atoms with Crippen LogP contribution in [-0.4, -0.2) is 32.6 Å². The fraction of sp³-hybridized carbons (Fsp3) is 0.462. The molecule has 0 atom stereocenters. The van der Waals surface area contributed by atoms with Crippen molar-refractivity contribution in [2.75, 3.05) is 19.6 Å². The Labute approximate surface area is 123 Å². The summed E-state index contributed by atoms with van der Waals surface area (Å²) in [6.45, 7) is 3.96. The number of rotatable bonds is 7. The van der Waals surface area contributed by atoms with Gasteiger partial charge in [0.05, 0.1) is 10.4 Å². The number of benzene rings is 1. The van der Waals surface area contributed by atoms with Gasteiger partial charge < -0.3 is 9.73 Å². The van der Waals surface area contributed by atoms with Gasteiger partial charge in [0, 0.05) is 19.7 Å². The fourth-order valence-electron chi connectivity index (χ4n) is 1.96. The number of hydrogen-bond acceptors (Lipinski definition) is 5. The third-order valence-corrected chi connectivity index (χ3v) is 4.61. The average Bonchev–Trinajstić information content (AvgIpc) is 2.73. The first-order chi connectivity index (χ1) is 9.95. The summed E-state index contributed by atoms with van der Waals surface area (Å²) < 4.78 is 33.1. The molecular formula is C13H19N3O4S. The molecule has 0 amide bonds. The van der Waals surface area contributed by atoms with Crippen LogP contribution in [0.3, 0.4) is 0 Å². The Morgan fingerprint density at radius 2 is 2.05 bits per heavy atom. The highest BCUT2D eigenvalue weighted by Crippen LogP contribution is 2.17. The summed E-state index contributed by atoms with van der Waals surface area (Å²) in [6.07, 6.45) is 0.704. The Hall–Kier alpha value is -1.64. The van der Waals surface area contributed by atoms with Crippen molar-refractivity contribution in [3.8, 4) is 0 Å². The van der Waals surface area contributed by atoms with Gasteiger partial charge in [0.25, 0.3) is 0 Å². The second-order valence-corrected chi connectivity index (χ2v) is 6.43. The Balaban J connectivity index is 2.14. The van der Waals surface area contributed by atoms with E-state index in [0.29, 0.717) is 18.5 Å². The Morgan fingerprint density at radius 3 is 2.76 bits per heavy atom. The Morgan fingerprint density at radius 1 is 1.29 bits per heavy atom. The smallest absolute Gasteiger partial charge is 0.408 e. The van der Waals surface area contributed by atoms with Crippen molar-refractivity contribution >= 4 is 21.1 Å². The van der Waals surface area contributed by atoms with E-state index in [1.807, 2.05) is 6.92 Å². The third kappa shape index (κ3) is 3.52. The van der Waals surface area contributed by atoms with Crippen LogP contribution in [0.15, 0.2) is 32.3 Å². The van der Waals surface area contributed by atoms with Gasteiger partial charge in [0.15, 0.2) is 5.58 Å². The number of nitrogens with zero attached hydrogens (tertiary/aromatic N) is 1. The van der Waals surface area contributed by atoms with Crippen LogP contribution in [0, 0.1) is 0 Å². The minimum atomic E-state index is -3.59. The third-order valence-electron chi connectivity index (χ3n) is 3.15. The SMILES string of the molecule is CCNCCCNS(=O)(=O)c1ccc2c(c1)oc(=O)n2C. The predicted molar refractivity (Wildman–Crippen MR) is 79.8 cm³/mol. The van der Waals surface area contributed by atoms with Gasteiger partial charge in [-0.3, -0.25) is 4.57 Å². The maximum absolute atomic E-state index is 12.1. The normalized spacial score (nSPS) is 12.1. The quantitative estimate of drug-likeness (QED) is 0.722. The van der Waals surface area contributed by atoms with E-state index in [-0.39, 0.29) is 10.5 Å². The second kappa shape index (κ2) is 6.42. The van der Waals surface area contributed by atoms with Crippen LogP contribution in [-0.2, 0) is 17.1 Å². The molecule has 0 aliphatic carbocycles. The molecule has 0 radical (unpaired) electrons. The van der Waals surface area contributed by atoms with E-state index in [1.165, 1.54) is 16.7 Å². The zero-order valence-corrected chi connectivity index (χ0v) is 12.9. The van der Waals surface area contributed by atoms with Crippen molar-refractivity contribution in [3.63, 3.8) is 0 Å². The van der Waals surface area contributed by atoms with Gasteiger partial charge in [-0.05, 0) is 31.6 Å². The van der Waals surface area contributed by atoms with Gasteiger partial charge in [-0.25, -0.2) is 17.9 Å². The van der Waals surface area contributed by atoms with E-state index in [9.17, 15) is 13.2 Å². The lowest BCUT2D eigenvalue weighted by atomic mass is 10.3. The standard InChI is InChI=1S/C13H19N3O4S/c1-3-14-7-4-8-15-21(18,19)10-5-6-11-12(9-10)20-13(17)16(11)2/h5-6,9,14-15H,3-4,7-8H2,1-2H3. The van der Waals surface area contributed by atoms with Crippen LogP contribution in [0.5, 0.6) is 0 Å². The summed E-state index contributed by atoms with van der Waals surface area (Å²) >= 11 is 0. The lowest BCUT2D eigenvalue weighted by Gasteiger charge is -2.07. The number of oxazole rings is 1. The van der Waals surface area contributed by atoms with Crippen LogP contribution >= 0.6 is 0 Å². The molecule has 0 aliphatic rings. The summed E-state index contributed by atoms with van der Waals surface area (Å²) in [7, 11) is -2.02. The second-order valence-electron chi connectivity index (χ2n) is 4.66. The lowest BCUT2D eigenvalue weighted by Crippen LogP contribution is -2.27. The molecule has 1 aromatic heterocycles. The molecule has 0 saturated carbocycles. The number of aryl methyl sites for hydroxylation is 1. The monoisotopic (exact) mass is 313 g/mol. The number of nitrogens with one attached hydrogen (secondary N) is 2. The molecule has 21 heavy (non-hydrogen) atoms. The molecule has 8 heteroatoms.